The predicted molar refractivity (Wildman–Crippen MR) is 153 cm³/mol. The number of nitrogens with one attached hydrogen (secondary N) is 1. The molecule has 1 N–H and O–H groups in total. The molecule has 0 saturated carbocycles. The van der Waals surface area contributed by atoms with Crippen LogP contribution in [-0.4, -0.2) is 39.0 Å². The number of benzene rings is 3. The second kappa shape index (κ2) is 13.4. The summed E-state index contributed by atoms with van der Waals surface area (Å²) < 4.78 is 0. The molecule has 38 heavy (non-hydrogen) atoms. The number of hydrogen-bond donors (Lipinski definition) is 1. The highest BCUT2D eigenvalue weighted by Crippen LogP contribution is 2.21. The van der Waals surface area contributed by atoms with Crippen LogP contribution in [0.1, 0.15) is 37.5 Å². The highest BCUT2D eigenvalue weighted by molar-refractivity contribution is 7.99. The first kappa shape index (κ1) is 29.2. The molecule has 3 rings (SSSR count). The van der Waals surface area contributed by atoms with Crippen molar-refractivity contribution in [2.45, 2.75) is 51.1 Å². The number of nitro benzene ring substituents is 1. The smallest absolute Gasteiger partial charge is 0.269 e. The third-order valence-corrected chi connectivity index (χ3v) is 6.88. The highest BCUT2D eigenvalue weighted by Gasteiger charge is 2.32. The number of thioether (sulfide) groups is 1. The van der Waals surface area contributed by atoms with Gasteiger partial charge in [-0.2, -0.15) is 0 Å². The average Bonchev–Trinajstić information content (AvgIpc) is 2.86. The summed E-state index contributed by atoms with van der Waals surface area (Å²) in [6, 6.07) is 22.5. The first-order valence-electron chi connectivity index (χ1n) is 12.2. The molecule has 7 nitrogen and oxygen atoms in total. The molecule has 200 valence electrons. The molecular weight excluding hydrogens is 522 g/mol. The van der Waals surface area contributed by atoms with Crippen molar-refractivity contribution >= 4 is 40.9 Å². The molecule has 3 aromatic carbocycles. The van der Waals surface area contributed by atoms with E-state index in [-0.39, 0.29) is 29.8 Å². The summed E-state index contributed by atoms with van der Waals surface area (Å²) in [5, 5.41) is 14.5. The van der Waals surface area contributed by atoms with Crippen molar-refractivity contribution in [2.75, 3.05) is 5.75 Å². The summed E-state index contributed by atoms with van der Waals surface area (Å²) in [4.78, 5) is 39.3. The largest absolute Gasteiger partial charge is 0.350 e. The van der Waals surface area contributed by atoms with Gasteiger partial charge in [-0.3, -0.25) is 19.7 Å². The van der Waals surface area contributed by atoms with E-state index in [4.69, 9.17) is 11.6 Å². The van der Waals surface area contributed by atoms with Crippen LogP contribution < -0.4 is 5.32 Å². The van der Waals surface area contributed by atoms with Crippen molar-refractivity contribution in [3.8, 4) is 0 Å². The maximum atomic E-state index is 13.7. The van der Waals surface area contributed by atoms with Crippen LogP contribution >= 0.6 is 23.4 Å². The summed E-state index contributed by atoms with van der Waals surface area (Å²) in [6.07, 6.45) is 0.363. The summed E-state index contributed by atoms with van der Waals surface area (Å²) in [7, 11) is 0. The third kappa shape index (κ3) is 9.19. The maximum Gasteiger partial charge on any atom is 0.269 e. The molecule has 9 heteroatoms. The van der Waals surface area contributed by atoms with E-state index in [1.54, 1.807) is 29.2 Å². The number of halogens is 1. The van der Waals surface area contributed by atoms with Gasteiger partial charge in [-0.25, -0.2) is 0 Å². The van der Waals surface area contributed by atoms with E-state index >= 15 is 0 Å². The van der Waals surface area contributed by atoms with Crippen LogP contribution in [0.3, 0.4) is 0 Å². The van der Waals surface area contributed by atoms with E-state index in [2.05, 4.69) is 5.32 Å². The van der Waals surface area contributed by atoms with Gasteiger partial charge in [-0.1, -0.05) is 66.2 Å². The fourth-order valence-electron chi connectivity index (χ4n) is 3.89. The van der Waals surface area contributed by atoms with Crippen molar-refractivity contribution in [3.05, 3.63) is 111 Å². The van der Waals surface area contributed by atoms with Gasteiger partial charge in [0.05, 0.1) is 10.7 Å². The minimum atomic E-state index is -0.733. The molecule has 2 amide bonds. The monoisotopic (exact) mass is 553 g/mol. The Balaban J connectivity index is 1.84. The molecule has 0 aliphatic rings. The SMILES string of the molecule is CC(C)(C)NC(=O)[C@H](Cc1ccccc1)N(Cc1cccc(Cl)c1)C(=O)CSCc1ccc([N+](=O)[O-])cc1. The number of nitro groups is 1. The molecule has 0 bridgehead atoms. The van der Waals surface area contributed by atoms with Gasteiger partial charge in [0.2, 0.25) is 11.8 Å². The lowest BCUT2D eigenvalue weighted by Gasteiger charge is -2.34. The van der Waals surface area contributed by atoms with Crippen LogP contribution in [0.25, 0.3) is 0 Å². The Morgan fingerprint density at radius 2 is 1.63 bits per heavy atom. The Morgan fingerprint density at radius 3 is 2.24 bits per heavy atom. The van der Waals surface area contributed by atoms with Gasteiger partial charge < -0.3 is 10.2 Å². The van der Waals surface area contributed by atoms with Crippen LogP contribution in [0.2, 0.25) is 5.02 Å². The molecule has 0 fully saturated rings. The summed E-state index contributed by atoms with van der Waals surface area (Å²) in [5.74, 6) is 0.247. The summed E-state index contributed by atoms with van der Waals surface area (Å²) in [6.45, 7) is 5.96. The van der Waals surface area contributed by atoms with Crippen molar-refractivity contribution in [2.24, 2.45) is 0 Å². The number of rotatable bonds is 11. The normalized spacial score (nSPS) is 12.0. The Labute approximate surface area is 232 Å². The second-order valence-corrected chi connectivity index (χ2v) is 11.4. The minimum Gasteiger partial charge on any atom is -0.350 e. The molecule has 0 aromatic heterocycles. The van der Waals surface area contributed by atoms with E-state index < -0.39 is 16.5 Å². The van der Waals surface area contributed by atoms with Gasteiger partial charge in [0.25, 0.3) is 5.69 Å². The molecule has 0 radical (unpaired) electrons. The number of nitrogens with zero attached hydrogens (tertiary/aromatic N) is 2. The lowest BCUT2D eigenvalue weighted by Crippen LogP contribution is -2.54. The van der Waals surface area contributed by atoms with E-state index in [0.717, 1.165) is 16.7 Å². The quantitative estimate of drug-likeness (QED) is 0.231. The zero-order valence-corrected chi connectivity index (χ0v) is 23.3. The first-order valence-corrected chi connectivity index (χ1v) is 13.8. The molecular formula is C29H32ClN3O4S. The summed E-state index contributed by atoms with van der Waals surface area (Å²) in [5.41, 5.74) is 2.20. The minimum absolute atomic E-state index is 0.0242. The molecule has 0 aliphatic heterocycles. The molecule has 0 spiro atoms. The standard InChI is InChI=1S/C29H32ClN3O4S/c1-29(2,3)31-28(35)26(17-21-8-5-4-6-9-21)32(18-23-10-7-11-24(30)16-23)27(34)20-38-19-22-12-14-25(15-13-22)33(36)37/h4-16,26H,17-20H2,1-3H3,(H,31,35)/t26-/m0/s1. The number of non-ortho nitro benzene ring substituents is 1. The lowest BCUT2D eigenvalue weighted by molar-refractivity contribution is -0.384. The van der Waals surface area contributed by atoms with Gasteiger partial charge >= 0.3 is 0 Å². The van der Waals surface area contributed by atoms with Crippen LogP contribution in [0.15, 0.2) is 78.9 Å². The topological polar surface area (TPSA) is 92.6 Å². The summed E-state index contributed by atoms with van der Waals surface area (Å²) >= 11 is 7.62. The fourth-order valence-corrected chi connectivity index (χ4v) is 4.98. The number of carbonyl (C=O) groups is 2. The van der Waals surface area contributed by atoms with Gasteiger partial charge in [0.15, 0.2) is 0 Å². The van der Waals surface area contributed by atoms with Crippen molar-refractivity contribution in [1.29, 1.82) is 0 Å². The Kier molecular flexibility index (Phi) is 10.3. The highest BCUT2D eigenvalue weighted by atomic mass is 35.5. The van der Waals surface area contributed by atoms with E-state index in [9.17, 15) is 19.7 Å². The third-order valence-electron chi connectivity index (χ3n) is 5.65. The Bertz CT molecular complexity index is 1250. The van der Waals surface area contributed by atoms with Crippen LogP contribution in [-0.2, 0) is 28.3 Å². The van der Waals surface area contributed by atoms with Gasteiger partial charge in [0, 0.05) is 41.4 Å². The molecule has 0 unspecified atom stereocenters. The molecule has 0 saturated heterocycles. The van der Waals surface area contributed by atoms with Crippen molar-refractivity contribution < 1.29 is 14.5 Å². The maximum absolute atomic E-state index is 13.7. The zero-order valence-electron chi connectivity index (χ0n) is 21.7. The second-order valence-electron chi connectivity index (χ2n) is 10.0. The fraction of sp³-hybridized carbons (Fsp3) is 0.310. The van der Waals surface area contributed by atoms with Crippen LogP contribution in [0.4, 0.5) is 5.69 Å². The lowest BCUT2D eigenvalue weighted by atomic mass is 10.0. The zero-order chi connectivity index (χ0) is 27.7. The molecule has 0 aliphatic carbocycles. The number of carbonyl (C=O) groups excluding carboxylic acids is 2. The average molecular weight is 554 g/mol. The molecule has 1 atom stereocenters. The Hall–Kier alpha value is -3.36. The Morgan fingerprint density at radius 1 is 0.974 bits per heavy atom. The predicted octanol–water partition coefficient (Wildman–Crippen LogP) is 6.04. The van der Waals surface area contributed by atoms with Gasteiger partial charge in [0.1, 0.15) is 6.04 Å². The van der Waals surface area contributed by atoms with Gasteiger partial charge in [-0.05, 0) is 49.6 Å². The van der Waals surface area contributed by atoms with Crippen molar-refractivity contribution in [3.63, 3.8) is 0 Å². The van der Waals surface area contributed by atoms with Crippen molar-refractivity contribution in [1.82, 2.24) is 10.2 Å². The van der Waals surface area contributed by atoms with E-state index in [1.807, 2.05) is 63.2 Å². The van der Waals surface area contributed by atoms with E-state index in [0.29, 0.717) is 17.2 Å². The van der Waals surface area contributed by atoms with Crippen LogP contribution in [0, 0.1) is 10.1 Å². The molecule has 0 heterocycles. The first-order chi connectivity index (χ1) is 18.0. The number of hydrogen-bond acceptors (Lipinski definition) is 5. The van der Waals surface area contributed by atoms with Gasteiger partial charge in [-0.15, -0.1) is 11.8 Å². The van der Waals surface area contributed by atoms with E-state index in [1.165, 1.54) is 23.9 Å². The number of amides is 2. The molecule has 3 aromatic rings. The van der Waals surface area contributed by atoms with Crippen LogP contribution in [0.5, 0.6) is 0 Å².